The largest absolute Gasteiger partial charge is 0.347 e. The molecule has 0 radical (unpaired) electrons. The van der Waals surface area contributed by atoms with Crippen LogP contribution in [0.3, 0.4) is 0 Å². The van der Waals surface area contributed by atoms with Gasteiger partial charge in [0.1, 0.15) is 24.2 Å². The Hall–Kier alpha value is -3.06. The summed E-state index contributed by atoms with van der Waals surface area (Å²) in [6.07, 6.45) is 10.9. The fourth-order valence-electron chi connectivity index (χ4n) is 11.5. The van der Waals surface area contributed by atoms with Crippen molar-refractivity contribution in [3.63, 3.8) is 0 Å². The standard InChI is InChI=1S/C44H73N7O6/c1-10-15-30(34(52)39(56)45-29-18-19-29)46-36(53)31-24-44(42(7,8)43(44)20-14-21-43)26-51(31)40(57)35(41(4,5)6)48-38(55)33(28-16-12-11-13-17-28)47-37(54)32-25-49(9)22-23-50(32)27(2)3/h27-33,35H,10-26H2,1-9H3,(H,45,56)(H,46,53)(H,47,54)(H,48,55)/t30?,31-,32-,33-,35+,44+/m0/s1. The summed E-state index contributed by atoms with van der Waals surface area (Å²) in [5.74, 6) is -2.68. The predicted molar refractivity (Wildman–Crippen MR) is 219 cm³/mol. The van der Waals surface area contributed by atoms with E-state index in [0.717, 1.165) is 77.3 Å². The van der Waals surface area contributed by atoms with Crippen molar-refractivity contribution in [2.24, 2.45) is 27.6 Å². The third-order valence-corrected chi connectivity index (χ3v) is 15.4. The molecule has 4 aliphatic carbocycles. The molecule has 6 rings (SSSR count). The summed E-state index contributed by atoms with van der Waals surface area (Å²) in [6, 6.07) is -3.86. The highest BCUT2D eigenvalue weighted by Gasteiger charge is 2.85. The molecule has 6 atom stereocenters. The van der Waals surface area contributed by atoms with Gasteiger partial charge in [0, 0.05) is 43.7 Å². The molecule has 2 spiro atoms. The molecular weight excluding hydrogens is 723 g/mol. The van der Waals surface area contributed by atoms with Crippen molar-refractivity contribution in [1.29, 1.82) is 0 Å². The van der Waals surface area contributed by atoms with E-state index in [4.69, 9.17) is 0 Å². The van der Waals surface area contributed by atoms with Crippen LogP contribution in [0.4, 0.5) is 0 Å². The molecule has 5 amide bonds. The van der Waals surface area contributed by atoms with Crippen LogP contribution < -0.4 is 21.3 Å². The number of likely N-dealkylation sites (tertiary alicyclic amines) is 1. The Labute approximate surface area is 341 Å². The number of amides is 5. The van der Waals surface area contributed by atoms with Crippen LogP contribution in [-0.2, 0) is 28.8 Å². The lowest BCUT2D eigenvalue weighted by Gasteiger charge is -2.42. The summed E-state index contributed by atoms with van der Waals surface area (Å²) in [5, 5.41) is 12.1. The Morgan fingerprint density at radius 3 is 2.00 bits per heavy atom. The molecular formula is C44H73N7O6. The maximum atomic E-state index is 15.2. The summed E-state index contributed by atoms with van der Waals surface area (Å²) in [4.78, 5) is 90.8. The van der Waals surface area contributed by atoms with Crippen molar-refractivity contribution in [2.45, 2.75) is 181 Å². The molecule has 0 bridgehead atoms. The van der Waals surface area contributed by atoms with E-state index >= 15 is 4.79 Å². The molecule has 0 aromatic carbocycles. The number of hydrogen-bond donors (Lipinski definition) is 4. The molecule has 1 unspecified atom stereocenters. The van der Waals surface area contributed by atoms with Crippen LogP contribution in [0, 0.1) is 27.6 Å². The van der Waals surface area contributed by atoms with Crippen molar-refractivity contribution in [1.82, 2.24) is 36.0 Å². The van der Waals surface area contributed by atoms with E-state index < -0.39 is 53.2 Å². The van der Waals surface area contributed by atoms with E-state index in [9.17, 15) is 24.0 Å². The highest BCUT2D eigenvalue weighted by atomic mass is 16.2. The Morgan fingerprint density at radius 2 is 1.46 bits per heavy atom. The number of hydrogen-bond acceptors (Lipinski definition) is 8. The van der Waals surface area contributed by atoms with E-state index in [1.54, 1.807) is 4.90 Å². The van der Waals surface area contributed by atoms with Crippen molar-refractivity contribution < 1.29 is 28.8 Å². The van der Waals surface area contributed by atoms with Gasteiger partial charge < -0.3 is 31.1 Å². The molecule has 2 aliphatic heterocycles. The van der Waals surface area contributed by atoms with Crippen molar-refractivity contribution in [3.05, 3.63) is 0 Å². The molecule has 2 saturated heterocycles. The molecule has 320 valence electrons. The highest BCUT2D eigenvalue weighted by molar-refractivity contribution is 6.38. The van der Waals surface area contributed by atoms with Crippen LogP contribution in [0.1, 0.15) is 139 Å². The van der Waals surface area contributed by atoms with Gasteiger partial charge in [0.25, 0.3) is 5.91 Å². The number of carbonyl (C=O) groups excluding carboxylic acids is 6. The van der Waals surface area contributed by atoms with Crippen LogP contribution in [0.5, 0.6) is 0 Å². The van der Waals surface area contributed by atoms with Crippen molar-refractivity contribution >= 4 is 35.3 Å². The minimum absolute atomic E-state index is 0.0114. The molecule has 13 heteroatoms. The van der Waals surface area contributed by atoms with E-state index in [2.05, 4.69) is 58.8 Å². The second-order valence-corrected chi connectivity index (χ2v) is 20.6. The summed E-state index contributed by atoms with van der Waals surface area (Å²) < 4.78 is 0. The summed E-state index contributed by atoms with van der Waals surface area (Å²) in [7, 11) is 2.02. The van der Waals surface area contributed by atoms with Crippen molar-refractivity contribution in [2.75, 3.05) is 33.2 Å². The number of Topliss-reactive ketones (excluding diaryl/α,β-unsaturated/α-hetero) is 1. The Bertz CT molecular complexity index is 1560. The van der Waals surface area contributed by atoms with Crippen LogP contribution >= 0.6 is 0 Å². The molecule has 4 saturated carbocycles. The fourth-order valence-corrected chi connectivity index (χ4v) is 11.5. The first-order valence-corrected chi connectivity index (χ1v) is 22.3. The SMILES string of the molecule is CCCC(NC(=O)[C@@H]1C[C@@]2(CN1C(=O)[C@@H](NC(=O)[C@@H](NC(=O)[C@@H]1CN(C)CCN1C(C)C)C1CCCCC1)C(C)(C)C)C(C)(C)C21CCC1)C(=O)C(=O)NC1CC1. The van der Waals surface area contributed by atoms with E-state index in [1.807, 2.05) is 34.7 Å². The van der Waals surface area contributed by atoms with Gasteiger partial charge in [-0.05, 0) is 94.4 Å². The number of rotatable bonds is 14. The molecule has 0 aromatic heterocycles. The average Bonchev–Trinajstić information content (AvgIpc) is 3.96. The number of piperazine rings is 1. The summed E-state index contributed by atoms with van der Waals surface area (Å²) in [6.45, 7) is 19.0. The monoisotopic (exact) mass is 796 g/mol. The van der Waals surface area contributed by atoms with Gasteiger partial charge in [0.15, 0.2) is 0 Å². The average molecular weight is 796 g/mol. The quantitative estimate of drug-likeness (QED) is 0.195. The minimum Gasteiger partial charge on any atom is -0.347 e. The van der Waals surface area contributed by atoms with E-state index in [-0.39, 0.29) is 52.0 Å². The number of fused-ring (bicyclic) bond motifs is 1. The Morgan fingerprint density at radius 1 is 0.807 bits per heavy atom. The maximum Gasteiger partial charge on any atom is 0.289 e. The lowest BCUT2D eigenvalue weighted by atomic mass is 9.73. The highest BCUT2D eigenvalue weighted by Crippen LogP contribution is 2.88. The lowest BCUT2D eigenvalue weighted by Crippen LogP contribution is -2.65. The van der Waals surface area contributed by atoms with Gasteiger partial charge in [-0.15, -0.1) is 0 Å². The topological polar surface area (TPSA) is 160 Å². The Balaban J connectivity index is 1.26. The number of carbonyl (C=O) groups is 6. The second-order valence-electron chi connectivity index (χ2n) is 20.6. The maximum absolute atomic E-state index is 15.2. The molecule has 6 aliphatic rings. The van der Waals surface area contributed by atoms with E-state index in [1.165, 1.54) is 0 Å². The molecule has 57 heavy (non-hydrogen) atoms. The number of ketones is 1. The number of nitrogens with one attached hydrogen (secondary N) is 4. The number of likely N-dealkylation sites (N-methyl/N-ethyl adjacent to an activating group) is 1. The Kier molecular flexibility index (Phi) is 12.6. The zero-order valence-corrected chi connectivity index (χ0v) is 36.4. The minimum atomic E-state index is -0.992. The van der Waals surface area contributed by atoms with Gasteiger partial charge in [-0.3, -0.25) is 33.7 Å². The molecule has 0 aromatic rings. The van der Waals surface area contributed by atoms with E-state index in [0.29, 0.717) is 32.4 Å². The van der Waals surface area contributed by atoms with Crippen LogP contribution in [0.2, 0.25) is 0 Å². The molecule has 2 heterocycles. The first-order valence-electron chi connectivity index (χ1n) is 22.3. The van der Waals surface area contributed by atoms with Gasteiger partial charge >= 0.3 is 0 Å². The van der Waals surface area contributed by atoms with Gasteiger partial charge in [-0.25, -0.2) is 0 Å². The smallest absolute Gasteiger partial charge is 0.289 e. The fraction of sp³-hybridized carbons (Fsp3) is 0.864. The zero-order valence-electron chi connectivity index (χ0n) is 36.4. The molecule has 4 N–H and O–H groups in total. The third kappa shape index (κ3) is 8.26. The van der Waals surface area contributed by atoms with Gasteiger partial charge in [0.05, 0.1) is 6.04 Å². The lowest BCUT2D eigenvalue weighted by molar-refractivity contribution is -0.146. The third-order valence-electron chi connectivity index (χ3n) is 15.4. The second kappa shape index (κ2) is 16.5. The zero-order chi connectivity index (χ0) is 41.7. The predicted octanol–water partition coefficient (Wildman–Crippen LogP) is 3.54. The summed E-state index contributed by atoms with van der Waals surface area (Å²) in [5.41, 5.74) is -1.07. The van der Waals surface area contributed by atoms with Crippen molar-refractivity contribution in [3.8, 4) is 0 Å². The molecule has 13 nitrogen and oxygen atoms in total. The normalized spacial score (nSPS) is 29.0. The van der Waals surface area contributed by atoms with Crippen LogP contribution in [0.15, 0.2) is 0 Å². The van der Waals surface area contributed by atoms with Crippen LogP contribution in [0.25, 0.3) is 0 Å². The first kappa shape index (κ1) is 43.5. The van der Waals surface area contributed by atoms with Gasteiger partial charge in [0.2, 0.25) is 29.4 Å². The first-order chi connectivity index (χ1) is 26.8. The number of nitrogens with zero attached hydrogens (tertiary/aromatic N) is 3. The van der Waals surface area contributed by atoms with Gasteiger partial charge in [-0.2, -0.15) is 0 Å². The van der Waals surface area contributed by atoms with Crippen LogP contribution in [-0.4, -0.2) is 126 Å². The van der Waals surface area contributed by atoms with Gasteiger partial charge in [-0.1, -0.05) is 73.6 Å². The summed E-state index contributed by atoms with van der Waals surface area (Å²) >= 11 is 0. The molecule has 6 fully saturated rings.